The van der Waals surface area contributed by atoms with Crippen LogP contribution in [-0.2, 0) is 6.54 Å². The first-order valence-corrected chi connectivity index (χ1v) is 12.1. The average Bonchev–Trinajstić information content (AvgIpc) is 2.32. The van der Waals surface area contributed by atoms with E-state index in [1.54, 1.807) is 0 Å². The van der Waals surface area contributed by atoms with Crippen molar-refractivity contribution in [3.8, 4) is 0 Å². The molecule has 1 aromatic heterocycles. The van der Waals surface area contributed by atoms with Crippen molar-refractivity contribution in [2.24, 2.45) is 0 Å². The van der Waals surface area contributed by atoms with E-state index in [9.17, 15) is 16.9 Å². The fourth-order valence-corrected chi connectivity index (χ4v) is 1.72. The maximum absolute atomic E-state index is 11.2. The van der Waals surface area contributed by atoms with Crippen LogP contribution in [0.4, 0.5) is 16.9 Å². The fourth-order valence-electron chi connectivity index (χ4n) is 1.72. The Balaban J connectivity index is 0.000000295. The van der Waals surface area contributed by atoms with Crippen molar-refractivity contribution in [2.75, 3.05) is 0 Å². The minimum atomic E-state index is -11.2. The molecule has 0 aliphatic rings. The molecule has 0 amide bonds. The third-order valence-electron chi connectivity index (χ3n) is 2.85. The molecule has 0 aliphatic heterocycles. The number of benzene rings is 1. The van der Waals surface area contributed by atoms with Crippen LogP contribution >= 0.6 is 0 Å². The van der Waals surface area contributed by atoms with Gasteiger partial charge in [0.2, 0.25) is 0 Å². The number of hydrogen-bond donors (Lipinski definition) is 0. The third-order valence-corrected chi connectivity index (χ3v) is 2.85. The summed E-state index contributed by atoms with van der Waals surface area (Å²) in [4.78, 5) is 0. The number of hydrogen-bond acceptors (Lipinski definition) is 0. The third kappa shape index (κ3) is 9.66. The minimum absolute atomic E-state index is 0.953. The molecule has 0 saturated heterocycles. The SMILES string of the molecule is Cc1cccc(C[n+]2ccccc2)c1C.[F][Sb-]([F])([F])([F])([F])[F]. The van der Waals surface area contributed by atoms with Gasteiger partial charge in [-0.25, -0.2) is 4.57 Å². The van der Waals surface area contributed by atoms with Gasteiger partial charge in [0, 0.05) is 17.7 Å². The molecule has 0 bridgehead atoms. The standard InChI is InChI=1S/C14H16N.6FH.Sb/c1-12-7-6-8-14(13(12)2)11-15-9-4-3-5-10-15;;;;;;;/h3-10H,11H2,1-2H3;6*1H;/q+1;;;;;;;+5/p-6. The van der Waals surface area contributed by atoms with Crippen molar-refractivity contribution in [1.82, 2.24) is 0 Å². The molecule has 1 nitrogen and oxygen atoms in total. The predicted molar refractivity (Wildman–Crippen MR) is 74.1 cm³/mol. The molecule has 0 fully saturated rings. The van der Waals surface area contributed by atoms with E-state index >= 15 is 0 Å². The van der Waals surface area contributed by atoms with E-state index in [1.165, 1.54) is 16.7 Å². The number of aromatic nitrogens is 1. The van der Waals surface area contributed by atoms with Crippen LogP contribution in [0.1, 0.15) is 16.7 Å². The van der Waals surface area contributed by atoms with Gasteiger partial charge in [-0.1, -0.05) is 24.3 Å². The van der Waals surface area contributed by atoms with E-state index < -0.39 is 19.5 Å². The van der Waals surface area contributed by atoms with E-state index in [0.29, 0.717) is 0 Å². The van der Waals surface area contributed by atoms with Gasteiger partial charge in [0.05, 0.1) is 0 Å². The van der Waals surface area contributed by atoms with Gasteiger partial charge < -0.3 is 0 Å². The zero-order chi connectivity index (χ0) is 17.1. The van der Waals surface area contributed by atoms with Crippen LogP contribution in [0.3, 0.4) is 0 Å². The van der Waals surface area contributed by atoms with Crippen LogP contribution in [0.15, 0.2) is 48.8 Å². The molecule has 2 aromatic rings. The van der Waals surface area contributed by atoms with Crippen LogP contribution in [0, 0.1) is 13.8 Å². The normalized spacial score (nSPS) is 14.4. The van der Waals surface area contributed by atoms with Gasteiger partial charge in [-0.05, 0) is 25.0 Å². The predicted octanol–water partition coefficient (Wildman–Crippen LogP) is 4.78. The zero-order valence-corrected chi connectivity index (χ0v) is 14.5. The molecule has 1 aromatic carbocycles. The van der Waals surface area contributed by atoms with E-state index in [2.05, 4.69) is 61.1 Å². The summed E-state index contributed by atoms with van der Waals surface area (Å²) in [6.45, 7) is 5.30. The number of nitrogens with zero attached hydrogens (tertiary/aromatic N) is 1. The van der Waals surface area contributed by atoms with Crippen molar-refractivity contribution >= 4 is 19.5 Å². The Bertz CT molecular complexity index is 626. The Morgan fingerprint density at radius 3 is 1.82 bits per heavy atom. The quantitative estimate of drug-likeness (QED) is 0.364. The number of aryl methyl sites for hydroxylation is 1. The summed E-state index contributed by atoms with van der Waals surface area (Å²) in [7, 11) is 0. The maximum atomic E-state index is 9.93. The van der Waals surface area contributed by atoms with Crippen LogP contribution in [0.2, 0.25) is 0 Å². The molecule has 0 spiro atoms. The van der Waals surface area contributed by atoms with E-state index in [4.69, 9.17) is 0 Å². The van der Waals surface area contributed by atoms with E-state index in [1.807, 2.05) is 6.07 Å². The molecule has 2 rings (SSSR count). The second-order valence-corrected chi connectivity index (χ2v) is 10.3. The Hall–Kier alpha value is -1.23. The summed E-state index contributed by atoms with van der Waals surface area (Å²) in [5, 5.41) is 0. The molecular weight excluding hydrogens is 418 g/mol. The molecule has 0 radical (unpaired) electrons. The van der Waals surface area contributed by atoms with Gasteiger partial charge in [-0.15, -0.1) is 0 Å². The van der Waals surface area contributed by atoms with Gasteiger partial charge in [0.1, 0.15) is 0 Å². The number of pyridine rings is 1. The molecule has 0 N–H and O–H groups in total. The molecule has 0 saturated carbocycles. The van der Waals surface area contributed by atoms with Crippen LogP contribution in [0.25, 0.3) is 0 Å². The first-order valence-electron chi connectivity index (χ1n) is 6.28. The second kappa shape index (κ2) is 5.76. The first-order chi connectivity index (χ1) is 9.72. The van der Waals surface area contributed by atoms with E-state index in [0.717, 1.165) is 6.54 Å². The number of halogens is 6. The molecule has 0 atom stereocenters. The fraction of sp³-hybridized carbons (Fsp3) is 0.214. The van der Waals surface area contributed by atoms with Crippen molar-refractivity contribution in [3.05, 3.63) is 65.5 Å². The summed E-state index contributed by atoms with van der Waals surface area (Å²) < 4.78 is 61.7. The van der Waals surface area contributed by atoms with Crippen molar-refractivity contribution in [3.63, 3.8) is 0 Å². The Labute approximate surface area is 127 Å². The zero-order valence-electron chi connectivity index (χ0n) is 12.0. The van der Waals surface area contributed by atoms with Crippen LogP contribution in [0.5, 0.6) is 0 Å². The average molecular weight is 434 g/mol. The molecule has 22 heavy (non-hydrogen) atoms. The van der Waals surface area contributed by atoms with Crippen LogP contribution < -0.4 is 4.57 Å². The van der Waals surface area contributed by atoms with Gasteiger partial charge in [0.15, 0.2) is 18.9 Å². The molecule has 124 valence electrons. The summed E-state index contributed by atoms with van der Waals surface area (Å²) >= 11 is -11.2. The second-order valence-electron chi connectivity index (χ2n) is 4.87. The molecule has 0 aliphatic carbocycles. The Morgan fingerprint density at radius 1 is 0.818 bits per heavy atom. The molecule has 0 unspecified atom stereocenters. The monoisotopic (exact) mass is 433 g/mol. The van der Waals surface area contributed by atoms with Crippen molar-refractivity contribution < 1.29 is 21.4 Å². The van der Waals surface area contributed by atoms with Crippen molar-refractivity contribution in [1.29, 1.82) is 0 Å². The Kier molecular flexibility index (Phi) is 4.93. The first kappa shape index (κ1) is 18.8. The summed E-state index contributed by atoms with van der Waals surface area (Å²) in [6, 6.07) is 12.6. The van der Waals surface area contributed by atoms with Crippen LogP contribution in [-0.4, -0.2) is 19.5 Å². The summed E-state index contributed by atoms with van der Waals surface area (Å²) in [5.74, 6) is 0. The van der Waals surface area contributed by atoms with Gasteiger partial charge >= 0.3 is 36.4 Å². The van der Waals surface area contributed by atoms with Gasteiger partial charge in [-0.2, -0.15) is 0 Å². The molecular formula is C14H16F6NSb. The summed E-state index contributed by atoms with van der Waals surface area (Å²) in [5.41, 5.74) is 4.16. The van der Waals surface area contributed by atoms with Gasteiger partial charge in [-0.3, -0.25) is 0 Å². The number of rotatable bonds is 2. The topological polar surface area (TPSA) is 3.88 Å². The van der Waals surface area contributed by atoms with Crippen molar-refractivity contribution in [2.45, 2.75) is 20.4 Å². The van der Waals surface area contributed by atoms with Gasteiger partial charge in [0.25, 0.3) is 0 Å². The van der Waals surface area contributed by atoms with E-state index in [-0.39, 0.29) is 0 Å². The molecule has 8 heteroatoms. The Morgan fingerprint density at radius 2 is 1.32 bits per heavy atom. The summed E-state index contributed by atoms with van der Waals surface area (Å²) in [6.07, 6.45) is 4.20. The molecule has 1 heterocycles.